The van der Waals surface area contributed by atoms with Gasteiger partial charge in [-0.1, -0.05) is 23.2 Å². The summed E-state index contributed by atoms with van der Waals surface area (Å²) in [6.45, 7) is -0.622. The van der Waals surface area contributed by atoms with Crippen molar-refractivity contribution in [1.82, 2.24) is 0 Å². The zero-order valence-electron chi connectivity index (χ0n) is 11.8. The minimum atomic E-state index is -4.00. The second-order valence-electron chi connectivity index (χ2n) is 4.41. The highest BCUT2D eigenvalue weighted by molar-refractivity contribution is 7.89. The van der Waals surface area contributed by atoms with Crippen LogP contribution in [0.3, 0.4) is 0 Å². The van der Waals surface area contributed by atoms with Gasteiger partial charge in [0.2, 0.25) is 15.8 Å². The van der Waals surface area contributed by atoms with Crippen LogP contribution in [-0.4, -0.2) is 26.9 Å². The van der Waals surface area contributed by atoms with Gasteiger partial charge < -0.3 is 14.5 Å². The molecule has 0 aliphatic rings. The van der Waals surface area contributed by atoms with Crippen LogP contribution in [0.1, 0.15) is 10.6 Å². The van der Waals surface area contributed by atoms with Crippen LogP contribution in [-0.2, 0) is 19.6 Å². The molecule has 0 spiro atoms. The molecule has 1 aromatic carbocycles. The van der Waals surface area contributed by atoms with Crippen molar-refractivity contribution in [2.75, 3.05) is 11.9 Å². The summed E-state index contributed by atoms with van der Waals surface area (Å²) in [5.41, 5.74) is -0.0372. The number of primary sulfonamides is 1. The predicted molar refractivity (Wildman–Crippen MR) is 85.5 cm³/mol. The molecular weight excluding hydrogens is 383 g/mol. The van der Waals surface area contributed by atoms with E-state index in [1.807, 2.05) is 0 Å². The third-order valence-corrected chi connectivity index (χ3v) is 4.15. The minimum absolute atomic E-state index is 0.0372. The van der Waals surface area contributed by atoms with Gasteiger partial charge in [-0.3, -0.25) is 4.79 Å². The van der Waals surface area contributed by atoms with Gasteiger partial charge in [0.15, 0.2) is 6.61 Å². The Morgan fingerprint density at radius 2 is 1.88 bits per heavy atom. The number of carbonyl (C=O) groups excluding carboxylic acids is 2. The SMILES string of the molecule is NS(=O)(=O)c1cc(Cl)c(NC(=O)COC(=O)c2ccco2)c(Cl)c1. The van der Waals surface area contributed by atoms with Crippen LogP contribution in [0, 0.1) is 0 Å². The van der Waals surface area contributed by atoms with Gasteiger partial charge in [-0.2, -0.15) is 0 Å². The largest absolute Gasteiger partial charge is 0.457 e. The Hall–Kier alpha value is -2.07. The number of benzene rings is 1. The van der Waals surface area contributed by atoms with E-state index in [0.717, 1.165) is 12.1 Å². The molecule has 0 bridgehead atoms. The van der Waals surface area contributed by atoms with Crippen LogP contribution in [0.4, 0.5) is 5.69 Å². The summed E-state index contributed by atoms with van der Waals surface area (Å²) in [4.78, 5) is 23.0. The van der Waals surface area contributed by atoms with Crippen LogP contribution >= 0.6 is 23.2 Å². The number of hydrogen-bond donors (Lipinski definition) is 2. The molecule has 2 rings (SSSR count). The van der Waals surface area contributed by atoms with Crippen LogP contribution in [0.15, 0.2) is 39.8 Å². The van der Waals surface area contributed by atoms with E-state index in [2.05, 4.69) is 5.32 Å². The summed E-state index contributed by atoms with van der Waals surface area (Å²) in [6.07, 6.45) is 1.28. The number of ether oxygens (including phenoxy) is 1. The average molecular weight is 393 g/mol. The Labute approximate surface area is 146 Å². The van der Waals surface area contributed by atoms with Crippen molar-refractivity contribution >= 4 is 50.8 Å². The van der Waals surface area contributed by atoms with Crippen molar-refractivity contribution in [2.45, 2.75) is 4.90 Å². The number of carbonyl (C=O) groups is 2. The number of amides is 1. The lowest BCUT2D eigenvalue weighted by atomic mass is 10.3. The monoisotopic (exact) mass is 392 g/mol. The van der Waals surface area contributed by atoms with E-state index in [4.69, 9.17) is 37.5 Å². The predicted octanol–water partition coefficient (Wildman–Crippen LogP) is 2.03. The zero-order valence-corrected chi connectivity index (χ0v) is 14.1. The lowest BCUT2D eigenvalue weighted by Crippen LogP contribution is -2.21. The van der Waals surface area contributed by atoms with Gasteiger partial charge in [0.05, 0.1) is 26.9 Å². The van der Waals surface area contributed by atoms with E-state index < -0.39 is 28.5 Å². The van der Waals surface area contributed by atoms with Crippen LogP contribution in [0.25, 0.3) is 0 Å². The molecule has 0 saturated carbocycles. The fourth-order valence-electron chi connectivity index (χ4n) is 1.61. The number of sulfonamides is 1. The van der Waals surface area contributed by atoms with E-state index in [-0.39, 0.29) is 26.4 Å². The second kappa shape index (κ2) is 7.22. The Balaban J connectivity index is 2.05. The molecule has 0 aliphatic heterocycles. The van der Waals surface area contributed by atoms with Crippen molar-refractivity contribution < 1.29 is 27.2 Å². The number of furan rings is 1. The van der Waals surface area contributed by atoms with Gasteiger partial charge in [-0.25, -0.2) is 18.4 Å². The maximum Gasteiger partial charge on any atom is 0.374 e. The summed E-state index contributed by atoms with van der Waals surface area (Å²) in [7, 11) is -4.00. The highest BCUT2D eigenvalue weighted by atomic mass is 35.5. The summed E-state index contributed by atoms with van der Waals surface area (Å²) in [5.74, 6) is -1.62. The highest BCUT2D eigenvalue weighted by Crippen LogP contribution is 2.33. The van der Waals surface area contributed by atoms with Gasteiger partial charge in [0.25, 0.3) is 5.91 Å². The van der Waals surface area contributed by atoms with Crippen LogP contribution in [0.2, 0.25) is 10.0 Å². The first-order chi connectivity index (χ1) is 11.2. The van der Waals surface area contributed by atoms with Gasteiger partial charge in [-0.05, 0) is 24.3 Å². The number of nitrogens with one attached hydrogen (secondary N) is 1. The Bertz CT molecular complexity index is 857. The summed E-state index contributed by atoms with van der Waals surface area (Å²) >= 11 is 11.8. The number of nitrogens with two attached hydrogens (primary N) is 1. The molecule has 0 saturated heterocycles. The Morgan fingerprint density at radius 3 is 2.38 bits per heavy atom. The third-order valence-electron chi connectivity index (χ3n) is 2.67. The molecule has 1 heterocycles. The second-order valence-corrected chi connectivity index (χ2v) is 6.78. The quantitative estimate of drug-likeness (QED) is 0.748. The van der Waals surface area contributed by atoms with Crippen molar-refractivity contribution in [3.8, 4) is 0 Å². The molecule has 128 valence electrons. The molecule has 11 heteroatoms. The first kappa shape index (κ1) is 18.3. The first-order valence-electron chi connectivity index (χ1n) is 6.21. The third kappa shape index (κ3) is 4.48. The van der Waals surface area contributed by atoms with Crippen molar-refractivity contribution in [3.63, 3.8) is 0 Å². The molecule has 1 amide bonds. The zero-order chi connectivity index (χ0) is 17.9. The molecule has 0 fully saturated rings. The van der Waals surface area contributed by atoms with Crippen molar-refractivity contribution in [1.29, 1.82) is 0 Å². The highest BCUT2D eigenvalue weighted by Gasteiger charge is 2.18. The number of halogens is 2. The molecule has 24 heavy (non-hydrogen) atoms. The summed E-state index contributed by atoms with van der Waals surface area (Å²) in [5, 5.41) is 7.00. The average Bonchev–Trinajstić information content (AvgIpc) is 3.01. The standard InChI is InChI=1S/C13H10Cl2N2O6S/c14-8-4-7(24(16,20)21)5-9(15)12(8)17-11(18)6-23-13(19)10-2-1-3-22-10/h1-5H,6H2,(H,17,18)(H2,16,20,21). The van der Waals surface area contributed by atoms with E-state index in [1.54, 1.807) is 0 Å². The van der Waals surface area contributed by atoms with Crippen molar-refractivity contribution in [2.24, 2.45) is 5.14 Å². The lowest BCUT2D eigenvalue weighted by molar-refractivity contribution is -0.119. The molecule has 3 N–H and O–H groups in total. The molecule has 2 aromatic rings. The summed E-state index contributed by atoms with van der Waals surface area (Å²) in [6, 6.07) is 4.93. The molecule has 0 atom stereocenters. The van der Waals surface area contributed by atoms with Gasteiger partial charge in [-0.15, -0.1) is 0 Å². The number of anilines is 1. The Kier molecular flexibility index (Phi) is 5.50. The molecule has 8 nitrogen and oxygen atoms in total. The topological polar surface area (TPSA) is 129 Å². The maximum absolute atomic E-state index is 11.8. The minimum Gasteiger partial charge on any atom is -0.457 e. The molecule has 0 radical (unpaired) electrons. The molecule has 0 unspecified atom stereocenters. The summed E-state index contributed by atoms with van der Waals surface area (Å²) < 4.78 is 32.1. The normalized spacial score (nSPS) is 11.1. The van der Waals surface area contributed by atoms with Crippen molar-refractivity contribution in [3.05, 3.63) is 46.3 Å². The number of hydrogen-bond acceptors (Lipinski definition) is 6. The number of esters is 1. The first-order valence-corrected chi connectivity index (χ1v) is 8.51. The van der Waals surface area contributed by atoms with E-state index in [9.17, 15) is 18.0 Å². The van der Waals surface area contributed by atoms with Gasteiger partial charge in [0.1, 0.15) is 0 Å². The fraction of sp³-hybridized carbons (Fsp3) is 0.0769. The number of rotatable bonds is 5. The van der Waals surface area contributed by atoms with Gasteiger partial charge >= 0.3 is 5.97 Å². The molecule has 1 aromatic heterocycles. The molecule has 0 aliphatic carbocycles. The maximum atomic E-state index is 11.8. The van der Waals surface area contributed by atoms with Gasteiger partial charge in [0, 0.05) is 0 Å². The smallest absolute Gasteiger partial charge is 0.374 e. The van der Waals surface area contributed by atoms with Crippen LogP contribution in [0.5, 0.6) is 0 Å². The van der Waals surface area contributed by atoms with E-state index in [0.29, 0.717) is 0 Å². The van der Waals surface area contributed by atoms with E-state index >= 15 is 0 Å². The fourth-order valence-corrected chi connectivity index (χ4v) is 2.88. The van der Waals surface area contributed by atoms with Crippen LogP contribution < -0.4 is 10.5 Å². The Morgan fingerprint density at radius 1 is 1.25 bits per heavy atom. The molecular formula is C13H10Cl2N2O6S. The lowest BCUT2D eigenvalue weighted by Gasteiger charge is -2.11. The van der Waals surface area contributed by atoms with E-state index in [1.165, 1.54) is 18.4 Å².